The maximum absolute atomic E-state index is 11.9. The number of nitrogens with one attached hydrogen (secondary N) is 1. The van der Waals surface area contributed by atoms with Gasteiger partial charge in [-0.3, -0.25) is 14.6 Å². The predicted molar refractivity (Wildman–Crippen MR) is 81.7 cm³/mol. The number of amides is 1. The number of aromatic nitrogens is 1. The van der Waals surface area contributed by atoms with Gasteiger partial charge in [0.1, 0.15) is 5.69 Å². The highest BCUT2D eigenvalue weighted by molar-refractivity contribution is 5.92. The second kappa shape index (κ2) is 7.00. The van der Waals surface area contributed by atoms with E-state index < -0.39 is 0 Å². The lowest BCUT2D eigenvalue weighted by Gasteiger charge is -2.35. The molecule has 0 radical (unpaired) electrons. The number of carbonyl (C=O) groups excluding carboxylic acids is 1. The third-order valence-electron chi connectivity index (χ3n) is 3.43. The molecule has 2 heterocycles. The van der Waals surface area contributed by atoms with Gasteiger partial charge in [0.05, 0.1) is 5.60 Å². The van der Waals surface area contributed by atoms with Gasteiger partial charge in [0, 0.05) is 25.8 Å². The normalized spacial score (nSPS) is 17.7. The number of hydrogen-bond acceptors (Lipinski definition) is 4. The highest BCUT2D eigenvalue weighted by Crippen LogP contribution is 2.20. The fraction of sp³-hybridized carbons (Fsp3) is 0.625. The fourth-order valence-electron chi connectivity index (χ4n) is 2.42. The molecule has 0 atom stereocenters. The molecule has 0 bridgehead atoms. The molecule has 1 fully saturated rings. The molecule has 0 aliphatic carbocycles. The summed E-state index contributed by atoms with van der Waals surface area (Å²) < 4.78 is 0. The van der Waals surface area contributed by atoms with E-state index >= 15 is 0 Å². The molecule has 1 amide bonds. The van der Waals surface area contributed by atoms with Gasteiger partial charge in [-0.15, -0.1) is 0 Å². The fourth-order valence-corrected chi connectivity index (χ4v) is 2.42. The molecule has 2 rings (SSSR count). The van der Waals surface area contributed by atoms with Crippen LogP contribution in [0.2, 0.25) is 0 Å². The van der Waals surface area contributed by atoms with Gasteiger partial charge in [-0.2, -0.15) is 5.06 Å². The zero-order valence-electron chi connectivity index (χ0n) is 13.1. The topological polar surface area (TPSA) is 54.5 Å². The van der Waals surface area contributed by atoms with Crippen LogP contribution in [0.25, 0.3) is 0 Å². The van der Waals surface area contributed by atoms with Crippen LogP contribution in [0.1, 0.15) is 44.1 Å². The lowest BCUT2D eigenvalue weighted by atomic mass is 9.98. The quantitative estimate of drug-likeness (QED) is 0.924. The minimum absolute atomic E-state index is 0.0935. The zero-order chi connectivity index (χ0) is 15.3. The van der Waals surface area contributed by atoms with Crippen molar-refractivity contribution in [2.75, 3.05) is 19.6 Å². The smallest absolute Gasteiger partial charge is 0.269 e. The number of hydrogen-bond donors (Lipinski definition) is 1. The molecule has 1 aliphatic heterocycles. The Morgan fingerprint density at radius 2 is 2.10 bits per heavy atom. The monoisotopic (exact) mass is 291 g/mol. The van der Waals surface area contributed by atoms with Crippen LogP contribution < -0.4 is 5.32 Å². The van der Waals surface area contributed by atoms with Crippen LogP contribution in [-0.4, -0.2) is 41.2 Å². The summed E-state index contributed by atoms with van der Waals surface area (Å²) in [5.41, 5.74) is 0.339. The third-order valence-corrected chi connectivity index (χ3v) is 3.43. The number of hydroxylamine groups is 2. The number of rotatable bonds is 4. The molecule has 0 saturated carbocycles. The van der Waals surface area contributed by atoms with Crippen molar-refractivity contribution >= 4 is 5.91 Å². The molecule has 1 aromatic rings. The second-order valence-electron chi connectivity index (χ2n) is 6.50. The van der Waals surface area contributed by atoms with Gasteiger partial charge in [0.2, 0.25) is 0 Å². The van der Waals surface area contributed by atoms with Gasteiger partial charge in [-0.1, -0.05) is 6.07 Å². The van der Waals surface area contributed by atoms with E-state index in [0.717, 1.165) is 25.9 Å². The van der Waals surface area contributed by atoms with E-state index in [1.54, 1.807) is 12.3 Å². The van der Waals surface area contributed by atoms with Crippen LogP contribution in [0.15, 0.2) is 24.4 Å². The molecule has 1 saturated heterocycles. The zero-order valence-corrected chi connectivity index (χ0v) is 13.1. The van der Waals surface area contributed by atoms with Crippen molar-refractivity contribution in [3.05, 3.63) is 30.1 Å². The molecule has 0 unspecified atom stereocenters. The molecule has 0 spiro atoms. The van der Waals surface area contributed by atoms with Crippen LogP contribution in [0, 0.1) is 5.92 Å². The maximum atomic E-state index is 11.9. The summed E-state index contributed by atoms with van der Waals surface area (Å²) in [6, 6.07) is 5.36. The summed E-state index contributed by atoms with van der Waals surface area (Å²) in [6.07, 6.45) is 3.72. The standard InChI is InChI=1S/C16H25N3O2/c1-16(2,3)21-19-10-7-13(8-11-19)12-18-15(20)14-6-4-5-9-17-14/h4-6,9,13H,7-8,10-12H2,1-3H3,(H,18,20). The summed E-state index contributed by atoms with van der Waals surface area (Å²) in [6.45, 7) is 8.73. The van der Waals surface area contributed by atoms with Crippen molar-refractivity contribution in [3.8, 4) is 0 Å². The molecule has 5 heteroatoms. The van der Waals surface area contributed by atoms with E-state index in [9.17, 15) is 4.79 Å². The number of pyridine rings is 1. The molecule has 1 aromatic heterocycles. The van der Waals surface area contributed by atoms with E-state index in [1.807, 2.05) is 17.2 Å². The van der Waals surface area contributed by atoms with E-state index in [4.69, 9.17) is 4.84 Å². The highest BCUT2D eigenvalue weighted by atomic mass is 16.7. The Bertz CT molecular complexity index is 448. The first-order valence-corrected chi connectivity index (χ1v) is 7.57. The predicted octanol–water partition coefficient (Wildman–Crippen LogP) is 2.25. The van der Waals surface area contributed by atoms with E-state index in [1.165, 1.54) is 0 Å². The van der Waals surface area contributed by atoms with E-state index in [0.29, 0.717) is 18.2 Å². The Morgan fingerprint density at radius 3 is 2.67 bits per heavy atom. The Morgan fingerprint density at radius 1 is 1.38 bits per heavy atom. The first-order valence-electron chi connectivity index (χ1n) is 7.57. The number of nitrogens with zero attached hydrogens (tertiary/aromatic N) is 2. The average molecular weight is 291 g/mol. The number of piperidine rings is 1. The van der Waals surface area contributed by atoms with E-state index in [-0.39, 0.29) is 11.5 Å². The minimum atomic E-state index is -0.139. The lowest BCUT2D eigenvalue weighted by Crippen LogP contribution is -2.42. The first kappa shape index (κ1) is 15.9. The SMILES string of the molecule is CC(C)(C)ON1CCC(CNC(=O)c2ccccn2)CC1. The summed E-state index contributed by atoms with van der Waals surface area (Å²) >= 11 is 0. The Hall–Kier alpha value is -1.46. The van der Waals surface area contributed by atoms with Gasteiger partial charge >= 0.3 is 0 Å². The lowest BCUT2D eigenvalue weighted by molar-refractivity contribution is -0.238. The summed E-state index contributed by atoms with van der Waals surface area (Å²) in [5.74, 6) is 0.418. The van der Waals surface area contributed by atoms with Gasteiger partial charge in [0.15, 0.2) is 0 Å². The Labute approximate surface area is 126 Å². The molecule has 116 valence electrons. The third kappa shape index (κ3) is 5.44. The highest BCUT2D eigenvalue weighted by Gasteiger charge is 2.24. The molecule has 5 nitrogen and oxygen atoms in total. The van der Waals surface area contributed by atoms with Crippen LogP contribution in [0.3, 0.4) is 0 Å². The Balaban J connectivity index is 1.71. The average Bonchev–Trinajstić information content (AvgIpc) is 2.45. The number of carbonyl (C=O) groups is 1. The van der Waals surface area contributed by atoms with E-state index in [2.05, 4.69) is 31.1 Å². The largest absolute Gasteiger partial charge is 0.350 e. The van der Waals surface area contributed by atoms with Gasteiger partial charge in [0.25, 0.3) is 5.91 Å². The van der Waals surface area contributed by atoms with Crippen molar-refractivity contribution in [1.29, 1.82) is 0 Å². The molecule has 0 aromatic carbocycles. The van der Waals surface area contributed by atoms with Gasteiger partial charge < -0.3 is 5.32 Å². The molecule has 1 N–H and O–H groups in total. The summed E-state index contributed by atoms with van der Waals surface area (Å²) in [7, 11) is 0. The maximum Gasteiger partial charge on any atom is 0.269 e. The molecule has 1 aliphatic rings. The molecular formula is C16H25N3O2. The summed E-state index contributed by atoms with van der Waals surface area (Å²) in [4.78, 5) is 21.8. The Kier molecular flexibility index (Phi) is 5.31. The van der Waals surface area contributed by atoms with Crippen molar-refractivity contribution in [1.82, 2.24) is 15.4 Å². The van der Waals surface area contributed by atoms with Crippen molar-refractivity contribution in [3.63, 3.8) is 0 Å². The minimum Gasteiger partial charge on any atom is -0.350 e. The van der Waals surface area contributed by atoms with Crippen LogP contribution >= 0.6 is 0 Å². The van der Waals surface area contributed by atoms with Crippen LogP contribution in [0.4, 0.5) is 0 Å². The van der Waals surface area contributed by atoms with Gasteiger partial charge in [-0.25, -0.2) is 0 Å². The van der Waals surface area contributed by atoms with Crippen molar-refractivity contribution in [2.24, 2.45) is 5.92 Å². The summed E-state index contributed by atoms with van der Waals surface area (Å²) in [5, 5.41) is 5.01. The van der Waals surface area contributed by atoms with Crippen molar-refractivity contribution < 1.29 is 9.63 Å². The van der Waals surface area contributed by atoms with Crippen LogP contribution in [-0.2, 0) is 4.84 Å². The van der Waals surface area contributed by atoms with Crippen molar-refractivity contribution in [2.45, 2.75) is 39.2 Å². The van der Waals surface area contributed by atoms with Crippen LogP contribution in [0.5, 0.6) is 0 Å². The van der Waals surface area contributed by atoms with Gasteiger partial charge in [-0.05, 0) is 51.7 Å². The second-order valence-corrected chi connectivity index (χ2v) is 6.50. The molecule has 21 heavy (non-hydrogen) atoms. The molecular weight excluding hydrogens is 266 g/mol. The first-order chi connectivity index (χ1) is 9.94.